The van der Waals surface area contributed by atoms with Gasteiger partial charge in [-0.05, 0) is 25.4 Å². The number of aromatic nitrogens is 1. The summed E-state index contributed by atoms with van der Waals surface area (Å²) in [5, 5.41) is 0. The van der Waals surface area contributed by atoms with Gasteiger partial charge in [0.05, 0.1) is 0 Å². The molecular formula is C17H18N+. The molecule has 18 heavy (non-hydrogen) atoms. The molecule has 0 saturated heterocycles. The van der Waals surface area contributed by atoms with E-state index >= 15 is 0 Å². The molecule has 0 unspecified atom stereocenters. The van der Waals surface area contributed by atoms with Gasteiger partial charge < -0.3 is 0 Å². The van der Waals surface area contributed by atoms with Crippen molar-refractivity contribution < 1.29 is 8.68 Å². The second kappa shape index (κ2) is 4.09. The van der Waals surface area contributed by atoms with E-state index < -0.39 is 6.85 Å². The minimum Gasteiger partial charge on any atom is -0.201 e. The highest BCUT2D eigenvalue weighted by Gasteiger charge is 2.25. The maximum atomic E-state index is 7.41. The Morgan fingerprint density at radius 3 is 2.28 bits per heavy atom. The van der Waals surface area contributed by atoms with E-state index in [0.29, 0.717) is 5.56 Å². The van der Waals surface area contributed by atoms with Crippen molar-refractivity contribution in [2.24, 2.45) is 7.05 Å². The summed E-state index contributed by atoms with van der Waals surface area (Å²) in [4.78, 5) is 0. The fourth-order valence-electron chi connectivity index (χ4n) is 2.28. The van der Waals surface area contributed by atoms with Gasteiger partial charge >= 0.3 is 0 Å². The molecule has 1 aliphatic carbocycles. The van der Waals surface area contributed by atoms with Gasteiger partial charge in [-0.25, -0.2) is 4.57 Å². The molecule has 1 heteroatoms. The molecule has 1 aromatic heterocycles. The minimum absolute atomic E-state index is 0.381. The fourth-order valence-corrected chi connectivity index (χ4v) is 2.28. The second-order valence-corrected chi connectivity index (χ2v) is 4.93. The van der Waals surface area contributed by atoms with Crippen LogP contribution in [0.15, 0.2) is 48.2 Å². The first-order valence-electron chi connectivity index (χ1n) is 7.66. The van der Waals surface area contributed by atoms with E-state index in [2.05, 4.69) is 29.8 Å². The summed E-state index contributed by atoms with van der Waals surface area (Å²) in [5.74, 6) is 0. The summed E-state index contributed by atoms with van der Waals surface area (Å²) in [5.41, 5.74) is 6.66. The zero-order valence-corrected chi connectivity index (χ0v) is 10.7. The summed E-state index contributed by atoms with van der Waals surface area (Å²) in [6.45, 7) is 0.125. The monoisotopic (exact) mass is 239 g/mol. The molecule has 90 valence electrons. The molecule has 0 amide bonds. The number of pyridine rings is 1. The SMILES string of the molecule is [2H]C([2H])([2H])c1ccc(-c2ccc(C3=C(C)C3)[n+](C)c2)cc1. The van der Waals surface area contributed by atoms with E-state index in [0.717, 1.165) is 17.5 Å². The Kier molecular flexibility index (Phi) is 1.88. The zero-order chi connectivity index (χ0) is 15.2. The molecule has 1 heterocycles. The largest absolute Gasteiger partial charge is 0.208 e. The van der Waals surface area contributed by atoms with Gasteiger partial charge in [0.15, 0.2) is 6.20 Å². The van der Waals surface area contributed by atoms with Crippen LogP contribution in [0.1, 0.15) is 28.7 Å². The molecule has 0 atom stereocenters. The predicted octanol–water partition coefficient (Wildman–Crippen LogP) is 3.66. The number of allylic oxidation sites excluding steroid dienone is 2. The molecule has 1 aromatic carbocycles. The van der Waals surface area contributed by atoms with Crippen molar-refractivity contribution in [3.63, 3.8) is 0 Å². The molecule has 2 aromatic rings. The molecule has 1 aliphatic rings. The quantitative estimate of drug-likeness (QED) is 0.704. The Hall–Kier alpha value is -1.89. The van der Waals surface area contributed by atoms with Crippen molar-refractivity contribution in [2.45, 2.75) is 20.2 Å². The predicted molar refractivity (Wildman–Crippen MR) is 75.0 cm³/mol. The lowest BCUT2D eigenvalue weighted by Gasteiger charge is -2.02. The van der Waals surface area contributed by atoms with E-state index in [9.17, 15) is 0 Å². The maximum Gasteiger partial charge on any atom is 0.208 e. The van der Waals surface area contributed by atoms with Crippen molar-refractivity contribution >= 4 is 5.57 Å². The second-order valence-electron chi connectivity index (χ2n) is 4.93. The lowest BCUT2D eigenvalue weighted by Crippen LogP contribution is -2.31. The van der Waals surface area contributed by atoms with Gasteiger partial charge in [0.2, 0.25) is 5.69 Å². The van der Waals surface area contributed by atoms with Gasteiger partial charge in [0, 0.05) is 27.7 Å². The molecule has 0 fully saturated rings. The summed E-state index contributed by atoms with van der Waals surface area (Å²) >= 11 is 0. The summed E-state index contributed by atoms with van der Waals surface area (Å²) in [6.07, 6.45) is 3.21. The first kappa shape index (κ1) is 8.25. The average molecular weight is 239 g/mol. The highest BCUT2D eigenvalue weighted by molar-refractivity contribution is 5.79. The Morgan fingerprint density at radius 1 is 1.06 bits per heavy atom. The average Bonchev–Trinajstić information content (AvgIpc) is 3.14. The van der Waals surface area contributed by atoms with E-state index in [1.54, 1.807) is 12.1 Å². The standard InChI is InChI=1S/C17H18N/c1-12-4-6-14(7-5-12)15-8-9-17(18(3)11-15)16-10-13(16)2/h4-9,11H,10H2,1-3H3/q+1/i1D3. The first-order valence-corrected chi connectivity index (χ1v) is 6.16. The van der Waals surface area contributed by atoms with Crippen molar-refractivity contribution in [3.05, 3.63) is 59.4 Å². The molecule has 0 aliphatic heterocycles. The van der Waals surface area contributed by atoms with Gasteiger partial charge in [-0.3, -0.25) is 0 Å². The highest BCUT2D eigenvalue weighted by Crippen LogP contribution is 2.37. The van der Waals surface area contributed by atoms with Crippen molar-refractivity contribution in [1.82, 2.24) is 0 Å². The molecular weight excluding hydrogens is 218 g/mol. The maximum absolute atomic E-state index is 7.41. The number of benzene rings is 1. The minimum atomic E-state index is -2.04. The van der Waals surface area contributed by atoms with Crippen LogP contribution in [-0.2, 0) is 7.05 Å². The van der Waals surface area contributed by atoms with E-state index in [1.165, 1.54) is 16.8 Å². The topological polar surface area (TPSA) is 3.88 Å². The van der Waals surface area contributed by atoms with Crippen LogP contribution in [0.3, 0.4) is 0 Å². The lowest BCUT2D eigenvalue weighted by molar-refractivity contribution is -0.673. The van der Waals surface area contributed by atoms with Crippen LogP contribution in [0.2, 0.25) is 0 Å². The van der Waals surface area contributed by atoms with Crippen LogP contribution in [0.25, 0.3) is 16.7 Å². The number of hydrogen-bond acceptors (Lipinski definition) is 0. The van der Waals surface area contributed by atoms with E-state index in [-0.39, 0.29) is 0 Å². The van der Waals surface area contributed by atoms with Crippen LogP contribution < -0.4 is 4.57 Å². The molecule has 0 radical (unpaired) electrons. The third kappa shape index (κ3) is 1.97. The lowest BCUT2D eigenvalue weighted by atomic mass is 10.1. The Bertz CT molecular complexity index is 725. The van der Waals surface area contributed by atoms with E-state index in [1.807, 2.05) is 19.2 Å². The van der Waals surface area contributed by atoms with Gasteiger partial charge in [-0.1, -0.05) is 35.4 Å². The number of aryl methyl sites for hydroxylation is 2. The highest BCUT2D eigenvalue weighted by atomic mass is 14.9. The molecule has 0 bridgehead atoms. The molecule has 1 nitrogen and oxygen atoms in total. The summed E-state index contributed by atoms with van der Waals surface area (Å²) in [7, 11) is 2.05. The molecule has 0 spiro atoms. The Labute approximate surface area is 113 Å². The van der Waals surface area contributed by atoms with Crippen LogP contribution in [0.5, 0.6) is 0 Å². The van der Waals surface area contributed by atoms with Crippen LogP contribution in [0, 0.1) is 6.85 Å². The van der Waals surface area contributed by atoms with Gasteiger partial charge in [-0.15, -0.1) is 0 Å². The van der Waals surface area contributed by atoms with Gasteiger partial charge in [0.1, 0.15) is 7.05 Å². The summed E-state index contributed by atoms with van der Waals surface area (Å²) < 4.78 is 24.4. The normalized spacial score (nSPS) is 17.1. The molecule has 0 saturated carbocycles. The smallest absolute Gasteiger partial charge is 0.201 e. The fraction of sp³-hybridized carbons (Fsp3) is 0.235. The number of hydrogen-bond donors (Lipinski definition) is 0. The zero-order valence-electron chi connectivity index (χ0n) is 13.7. The summed E-state index contributed by atoms with van der Waals surface area (Å²) in [6, 6.07) is 11.3. The van der Waals surface area contributed by atoms with Crippen molar-refractivity contribution in [2.75, 3.05) is 0 Å². The molecule has 3 rings (SSSR count). The van der Waals surface area contributed by atoms with Crippen LogP contribution in [0.4, 0.5) is 0 Å². The van der Waals surface area contributed by atoms with Crippen LogP contribution in [-0.4, -0.2) is 0 Å². The van der Waals surface area contributed by atoms with Gasteiger partial charge in [0.25, 0.3) is 0 Å². The van der Waals surface area contributed by atoms with Gasteiger partial charge in [-0.2, -0.15) is 0 Å². The third-order valence-corrected chi connectivity index (χ3v) is 3.49. The van der Waals surface area contributed by atoms with E-state index in [4.69, 9.17) is 4.11 Å². The van der Waals surface area contributed by atoms with Crippen molar-refractivity contribution in [1.29, 1.82) is 0 Å². The Balaban J connectivity index is 1.92. The van der Waals surface area contributed by atoms with Crippen LogP contribution >= 0.6 is 0 Å². The number of rotatable bonds is 2. The first-order chi connectivity index (χ1) is 9.86. The van der Waals surface area contributed by atoms with Crippen molar-refractivity contribution in [3.8, 4) is 11.1 Å². The third-order valence-electron chi connectivity index (χ3n) is 3.49. The number of nitrogens with zero attached hydrogens (tertiary/aromatic N) is 1. The molecule has 0 N–H and O–H groups in total. The Morgan fingerprint density at radius 2 is 1.72 bits per heavy atom.